The topological polar surface area (TPSA) is 115 Å². The number of carbonyl (C=O) groups excluding carboxylic acids is 1. The summed E-state index contributed by atoms with van der Waals surface area (Å²) in [5, 5.41) is 19.1. The normalized spacial score (nSPS) is 15.8. The number of hydrogen-bond acceptors (Lipinski definition) is 8. The Kier molecular flexibility index (Phi) is 3.90. The fourth-order valence-corrected chi connectivity index (χ4v) is 2.61. The van der Waals surface area contributed by atoms with Gasteiger partial charge in [-0.2, -0.15) is 0 Å². The Morgan fingerprint density at radius 3 is 2.58 bits per heavy atom. The number of fused-ring (bicyclic) bond motifs is 1. The second-order valence-electron chi connectivity index (χ2n) is 5.00. The average molecular weight is 334 g/mol. The number of carbonyl (C=O) groups is 1. The van der Waals surface area contributed by atoms with Crippen molar-refractivity contribution in [3.8, 4) is 17.2 Å². The summed E-state index contributed by atoms with van der Waals surface area (Å²) in [7, 11) is 2.81. The first kappa shape index (κ1) is 15.9. The number of aliphatic hydroxyl groups is 1. The third-order valence-corrected chi connectivity index (χ3v) is 3.68. The third-order valence-electron chi connectivity index (χ3n) is 3.68. The van der Waals surface area contributed by atoms with Crippen LogP contribution in [-0.4, -0.2) is 30.4 Å². The standard InChI is InChI=1S/C16H14O8/c1-21-10-4-3-8-11(14(10)22-2)16(20)24-13(8)15-12(19)9(18)5-7(6-17)23-15/h3-5,13,17,19H,6H2,1-2H3. The molecule has 2 heterocycles. The first-order chi connectivity index (χ1) is 11.5. The average Bonchev–Trinajstić information content (AvgIpc) is 2.93. The Morgan fingerprint density at radius 2 is 1.96 bits per heavy atom. The van der Waals surface area contributed by atoms with Gasteiger partial charge < -0.3 is 28.8 Å². The molecule has 8 heteroatoms. The molecule has 1 aromatic heterocycles. The predicted octanol–water partition coefficient (Wildman–Crippen LogP) is 1.11. The summed E-state index contributed by atoms with van der Waals surface area (Å²) in [5.74, 6) is -1.19. The lowest BCUT2D eigenvalue weighted by atomic mass is 10.0. The van der Waals surface area contributed by atoms with E-state index in [2.05, 4.69) is 0 Å². The second-order valence-corrected chi connectivity index (χ2v) is 5.00. The molecule has 0 aliphatic carbocycles. The minimum Gasteiger partial charge on any atom is -0.502 e. The van der Waals surface area contributed by atoms with Crippen LogP contribution in [0.15, 0.2) is 27.4 Å². The van der Waals surface area contributed by atoms with Crippen molar-refractivity contribution in [2.24, 2.45) is 0 Å². The minimum absolute atomic E-state index is 0.0576. The number of ether oxygens (including phenoxy) is 3. The van der Waals surface area contributed by atoms with Gasteiger partial charge in [-0.3, -0.25) is 4.79 Å². The van der Waals surface area contributed by atoms with Crippen LogP contribution in [0.5, 0.6) is 17.2 Å². The van der Waals surface area contributed by atoms with Gasteiger partial charge in [-0.05, 0) is 6.07 Å². The molecule has 1 aliphatic heterocycles. The third kappa shape index (κ3) is 2.28. The van der Waals surface area contributed by atoms with Crippen LogP contribution in [-0.2, 0) is 11.3 Å². The number of cyclic esters (lactones) is 1. The van der Waals surface area contributed by atoms with Crippen molar-refractivity contribution < 1.29 is 33.6 Å². The summed E-state index contributed by atoms with van der Waals surface area (Å²) in [5.41, 5.74) is -0.269. The van der Waals surface area contributed by atoms with Gasteiger partial charge in [0, 0.05) is 11.6 Å². The Bertz CT molecular complexity index is 867. The maximum absolute atomic E-state index is 12.2. The van der Waals surface area contributed by atoms with Crippen molar-refractivity contribution in [2.75, 3.05) is 14.2 Å². The zero-order valence-electron chi connectivity index (χ0n) is 12.9. The smallest absolute Gasteiger partial charge is 0.343 e. The number of methoxy groups -OCH3 is 2. The van der Waals surface area contributed by atoms with E-state index in [1.54, 1.807) is 12.1 Å². The highest BCUT2D eigenvalue weighted by Gasteiger charge is 2.40. The molecule has 2 aromatic rings. The molecule has 1 unspecified atom stereocenters. The van der Waals surface area contributed by atoms with Gasteiger partial charge in [0.05, 0.1) is 14.2 Å². The first-order valence-electron chi connectivity index (χ1n) is 6.94. The summed E-state index contributed by atoms with van der Waals surface area (Å²) in [6.07, 6.45) is -1.13. The van der Waals surface area contributed by atoms with E-state index in [1.165, 1.54) is 14.2 Å². The summed E-state index contributed by atoms with van der Waals surface area (Å²) < 4.78 is 20.9. The van der Waals surface area contributed by atoms with Crippen LogP contribution in [0.25, 0.3) is 0 Å². The molecule has 1 aromatic carbocycles. The molecule has 24 heavy (non-hydrogen) atoms. The largest absolute Gasteiger partial charge is 0.502 e. The number of hydrogen-bond donors (Lipinski definition) is 2. The molecule has 1 aliphatic rings. The van der Waals surface area contributed by atoms with Gasteiger partial charge in [0.15, 0.2) is 23.4 Å². The summed E-state index contributed by atoms with van der Waals surface area (Å²) in [4.78, 5) is 24.0. The van der Waals surface area contributed by atoms with Crippen LogP contribution in [0, 0.1) is 0 Å². The van der Waals surface area contributed by atoms with Crippen LogP contribution >= 0.6 is 0 Å². The number of benzene rings is 1. The van der Waals surface area contributed by atoms with Crippen LogP contribution in [0.1, 0.15) is 33.5 Å². The lowest BCUT2D eigenvalue weighted by Gasteiger charge is -2.13. The lowest BCUT2D eigenvalue weighted by Crippen LogP contribution is -2.09. The fourth-order valence-electron chi connectivity index (χ4n) is 2.61. The quantitative estimate of drug-likeness (QED) is 0.799. The van der Waals surface area contributed by atoms with E-state index in [9.17, 15) is 14.7 Å². The first-order valence-corrected chi connectivity index (χ1v) is 6.94. The predicted molar refractivity (Wildman–Crippen MR) is 79.4 cm³/mol. The van der Waals surface area contributed by atoms with Crippen molar-refractivity contribution in [1.29, 1.82) is 0 Å². The zero-order chi connectivity index (χ0) is 17.4. The van der Waals surface area contributed by atoms with E-state index in [0.717, 1.165) is 6.07 Å². The fraction of sp³-hybridized carbons (Fsp3) is 0.250. The summed E-state index contributed by atoms with van der Waals surface area (Å²) in [6.45, 7) is -0.540. The van der Waals surface area contributed by atoms with E-state index < -0.39 is 29.9 Å². The maximum atomic E-state index is 12.2. The van der Waals surface area contributed by atoms with Crippen molar-refractivity contribution >= 4 is 5.97 Å². The molecule has 0 radical (unpaired) electrons. The van der Waals surface area contributed by atoms with Crippen LogP contribution in [0.4, 0.5) is 0 Å². The highest BCUT2D eigenvalue weighted by molar-refractivity contribution is 5.98. The molecular weight excluding hydrogens is 320 g/mol. The molecule has 1 atom stereocenters. The second kappa shape index (κ2) is 5.89. The Labute approximate surface area is 135 Å². The number of aromatic hydroxyl groups is 1. The van der Waals surface area contributed by atoms with Gasteiger partial charge in [0.1, 0.15) is 17.9 Å². The Hall–Kier alpha value is -3.00. The highest BCUT2D eigenvalue weighted by atomic mass is 16.6. The lowest BCUT2D eigenvalue weighted by molar-refractivity contribution is 0.0403. The maximum Gasteiger partial charge on any atom is 0.343 e. The Balaban J connectivity index is 2.21. The van der Waals surface area contributed by atoms with Crippen molar-refractivity contribution in [1.82, 2.24) is 0 Å². The van der Waals surface area contributed by atoms with Crippen molar-refractivity contribution in [3.63, 3.8) is 0 Å². The molecule has 0 saturated heterocycles. The highest BCUT2D eigenvalue weighted by Crippen LogP contribution is 2.45. The summed E-state index contributed by atoms with van der Waals surface area (Å²) in [6, 6.07) is 4.08. The molecule has 0 spiro atoms. The molecule has 8 nitrogen and oxygen atoms in total. The van der Waals surface area contributed by atoms with E-state index in [1.807, 2.05) is 0 Å². The molecule has 0 amide bonds. The monoisotopic (exact) mass is 334 g/mol. The van der Waals surface area contributed by atoms with Gasteiger partial charge in [-0.15, -0.1) is 0 Å². The SMILES string of the molecule is COc1ccc2c(c1OC)C(=O)OC2c1oc(CO)cc(=O)c1O. The molecule has 2 N–H and O–H groups in total. The zero-order valence-corrected chi connectivity index (χ0v) is 12.9. The molecule has 126 valence electrons. The van der Waals surface area contributed by atoms with E-state index in [0.29, 0.717) is 11.3 Å². The van der Waals surface area contributed by atoms with Crippen LogP contribution in [0.2, 0.25) is 0 Å². The van der Waals surface area contributed by atoms with Crippen LogP contribution < -0.4 is 14.9 Å². The molecular formula is C16H14O8. The Morgan fingerprint density at radius 1 is 1.21 bits per heavy atom. The van der Waals surface area contributed by atoms with E-state index >= 15 is 0 Å². The van der Waals surface area contributed by atoms with E-state index in [-0.39, 0.29) is 22.8 Å². The summed E-state index contributed by atoms with van der Waals surface area (Å²) >= 11 is 0. The molecule has 0 bridgehead atoms. The number of aliphatic hydroxyl groups excluding tert-OH is 1. The van der Waals surface area contributed by atoms with Gasteiger partial charge in [-0.1, -0.05) is 6.07 Å². The number of rotatable bonds is 4. The van der Waals surface area contributed by atoms with E-state index in [4.69, 9.17) is 23.7 Å². The van der Waals surface area contributed by atoms with Gasteiger partial charge >= 0.3 is 5.97 Å². The van der Waals surface area contributed by atoms with Crippen molar-refractivity contribution in [3.05, 3.63) is 51.1 Å². The van der Waals surface area contributed by atoms with Gasteiger partial charge in [-0.25, -0.2) is 4.79 Å². The molecule has 3 rings (SSSR count). The van der Waals surface area contributed by atoms with Crippen LogP contribution in [0.3, 0.4) is 0 Å². The minimum atomic E-state index is -1.13. The number of esters is 1. The molecule has 0 saturated carbocycles. The van der Waals surface area contributed by atoms with Gasteiger partial charge in [0.2, 0.25) is 11.2 Å². The van der Waals surface area contributed by atoms with Gasteiger partial charge in [0.25, 0.3) is 0 Å². The van der Waals surface area contributed by atoms with Crippen molar-refractivity contribution in [2.45, 2.75) is 12.7 Å². The molecule has 0 fully saturated rings.